The summed E-state index contributed by atoms with van der Waals surface area (Å²) in [5, 5.41) is 12.2. The van der Waals surface area contributed by atoms with Crippen LogP contribution in [-0.2, 0) is 0 Å². The van der Waals surface area contributed by atoms with Gasteiger partial charge in [0.1, 0.15) is 5.75 Å². The number of carbonyl (C=O) groups excluding carboxylic acids is 1. The maximum absolute atomic E-state index is 12.0. The highest BCUT2D eigenvalue weighted by Gasteiger charge is 2.10. The van der Waals surface area contributed by atoms with E-state index >= 15 is 0 Å². The molecule has 0 unspecified atom stereocenters. The Kier molecular flexibility index (Phi) is 4.50. The maximum Gasteiger partial charge on any atom is 0.255 e. The molecule has 0 bridgehead atoms. The summed E-state index contributed by atoms with van der Waals surface area (Å²) < 4.78 is 1.67. The van der Waals surface area contributed by atoms with E-state index in [1.165, 1.54) is 18.2 Å². The van der Waals surface area contributed by atoms with Crippen LogP contribution in [0.4, 0.5) is 5.69 Å². The van der Waals surface area contributed by atoms with Crippen molar-refractivity contribution in [1.29, 1.82) is 0 Å². The third kappa shape index (κ3) is 3.49. The number of phenols is 1. The molecule has 19 heavy (non-hydrogen) atoms. The van der Waals surface area contributed by atoms with Crippen LogP contribution in [-0.4, -0.2) is 11.0 Å². The third-order valence-electron chi connectivity index (χ3n) is 2.39. The molecule has 98 valence electrons. The lowest BCUT2D eigenvalue weighted by Crippen LogP contribution is -2.12. The second-order valence-corrected chi connectivity index (χ2v) is 5.92. The summed E-state index contributed by atoms with van der Waals surface area (Å²) in [6.45, 7) is 0. The zero-order valence-electron chi connectivity index (χ0n) is 9.45. The SMILES string of the molecule is O=C(Nc1ccc(Br)cc1Br)c1ccc(O)c(Cl)c1. The molecule has 0 heterocycles. The normalized spacial score (nSPS) is 10.3. The van der Waals surface area contributed by atoms with E-state index < -0.39 is 0 Å². The number of aromatic hydroxyl groups is 1. The standard InChI is InChI=1S/C13H8Br2ClNO2/c14-8-2-3-11(9(15)6-8)17-13(19)7-1-4-12(18)10(16)5-7/h1-6,18H,(H,17,19). The van der Waals surface area contributed by atoms with Crippen molar-refractivity contribution in [3.63, 3.8) is 0 Å². The molecule has 0 aliphatic rings. The fourth-order valence-corrected chi connectivity index (χ4v) is 2.76. The van der Waals surface area contributed by atoms with Gasteiger partial charge in [0.2, 0.25) is 0 Å². The molecule has 0 atom stereocenters. The fourth-order valence-electron chi connectivity index (χ4n) is 1.43. The number of hydrogen-bond donors (Lipinski definition) is 2. The maximum atomic E-state index is 12.0. The Bertz CT molecular complexity index is 647. The number of phenolic OH excluding ortho intramolecular Hbond substituents is 1. The van der Waals surface area contributed by atoms with E-state index in [-0.39, 0.29) is 16.7 Å². The van der Waals surface area contributed by atoms with Gasteiger partial charge in [-0.1, -0.05) is 27.5 Å². The minimum absolute atomic E-state index is 0.0527. The van der Waals surface area contributed by atoms with Crippen LogP contribution in [0.25, 0.3) is 0 Å². The van der Waals surface area contributed by atoms with Gasteiger partial charge >= 0.3 is 0 Å². The molecule has 0 spiro atoms. The van der Waals surface area contributed by atoms with Gasteiger partial charge < -0.3 is 10.4 Å². The second kappa shape index (κ2) is 5.94. The Labute approximate surface area is 131 Å². The summed E-state index contributed by atoms with van der Waals surface area (Å²) in [5.74, 6) is -0.354. The molecule has 2 aromatic carbocycles. The van der Waals surface area contributed by atoms with Crippen molar-refractivity contribution >= 4 is 55.1 Å². The smallest absolute Gasteiger partial charge is 0.255 e. The van der Waals surface area contributed by atoms with Crippen molar-refractivity contribution in [2.24, 2.45) is 0 Å². The predicted octanol–water partition coefficient (Wildman–Crippen LogP) is 4.82. The minimum atomic E-state index is -0.301. The van der Waals surface area contributed by atoms with E-state index in [4.69, 9.17) is 11.6 Å². The van der Waals surface area contributed by atoms with Crippen LogP contribution in [0.2, 0.25) is 5.02 Å². The number of anilines is 1. The summed E-state index contributed by atoms with van der Waals surface area (Å²) in [4.78, 5) is 12.0. The molecule has 0 saturated heterocycles. The number of benzene rings is 2. The molecule has 2 N–H and O–H groups in total. The van der Waals surface area contributed by atoms with E-state index in [2.05, 4.69) is 37.2 Å². The van der Waals surface area contributed by atoms with Gasteiger partial charge in [-0.15, -0.1) is 0 Å². The van der Waals surface area contributed by atoms with Crippen LogP contribution in [0.3, 0.4) is 0 Å². The number of nitrogens with one attached hydrogen (secondary N) is 1. The number of carbonyl (C=O) groups is 1. The second-order valence-electron chi connectivity index (χ2n) is 3.74. The van der Waals surface area contributed by atoms with Crippen LogP contribution in [0.5, 0.6) is 5.75 Å². The highest BCUT2D eigenvalue weighted by molar-refractivity contribution is 9.11. The summed E-state index contributed by atoms with van der Waals surface area (Å²) >= 11 is 12.5. The Morgan fingerprint density at radius 2 is 1.89 bits per heavy atom. The third-order valence-corrected chi connectivity index (χ3v) is 3.84. The summed E-state index contributed by atoms with van der Waals surface area (Å²) in [5.41, 5.74) is 1.02. The number of halogens is 3. The Morgan fingerprint density at radius 1 is 1.16 bits per heavy atom. The molecule has 0 aromatic heterocycles. The van der Waals surface area contributed by atoms with Gasteiger partial charge in [-0.05, 0) is 52.3 Å². The van der Waals surface area contributed by atoms with Gasteiger partial charge in [0.15, 0.2) is 0 Å². The van der Waals surface area contributed by atoms with Crippen molar-refractivity contribution in [2.75, 3.05) is 5.32 Å². The molecule has 0 saturated carbocycles. The number of amides is 1. The molecular weight excluding hydrogens is 397 g/mol. The van der Waals surface area contributed by atoms with Gasteiger partial charge in [-0.2, -0.15) is 0 Å². The van der Waals surface area contributed by atoms with Crippen LogP contribution < -0.4 is 5.32 Å². The van der Waals surface area contributed by atoms with E-state index in [0.29, 0.717) is 11.3 Å². The van der Waals surface area contributed by atoms with E-state index in [1.807, 2.05) is 12.1 Å². The first kappa shape index (κ1) is 14.4. The first-order valence-electron chi connectivity index (χ1n) is 5.22. The molecule has 0 aliphatic carbocycles. The van der Waals surface area contributed by atoms with Gasteiger partial charge in [-0.25, -0.2) is 0 Å². The predicted molar refractivity (Wildman–Crippen MR) is 82.9 cm³/mol. The van der Waals surface area contributed by atoms with E-state index in [1.54, 1.807) is 6.07 Å². The largest absolute Gasteiger partial charge is 0.506 e. The van der Waals surface area contributed by atoms with Crippen molar-refractivity contribution in [2.45, 2.75) is 0 Å². The molecule has 1 amide bonds. The van der Waals surface area contributed by atoms with Crippen molar-refractivity contribution in [3.05, 3.63) is 55.9 Å². The van der Waals surface area contributed by atoms with Gasteiger partial charge in [0, 0.05) is 14.5 Å². The Hall–Kier alpha value is -1.04. The van der Waals surface area contributed by atoms with E-state index in [0.717, 1.165) is 8.95 Å². The van der Waals surface area contributed by atoms with Crippen LogP contribution >= 0.6 is 43.5 Å². The highest BCUT2D eigenvalue weighted by atomic mass is 79.9. The molecule has 0 fully saturated rings. The van der Waals surface area contributed by atoms with Crippen LogP contribution in [0.15, 0.2) is 45.3 Å². The zero-order valence-corrected chi connectivity index (χ0v) is 13.4. The topological polar surface area (TPSA) is 49.3 Å². The molecular formula is C13H8Br2ClNO2. The Balaban J connectivity index is 2.23. The summed E-state index contributed by atoms with van der Waals surface area (Å²) in [7, 11) is 0. The fraction of sp³-hybridized carbons (Fsp3) is 0. The van der Waals surface area contributed by atoms with Gasteiger partial charge in [0.05, 0.1) is 10.7 Å². The first-order valence-corrected chi connectivity index (χ1v) is 7.18. The number of rotatable bonds is 2. The van der Waals surface area contributed by atoms with Crippen LogP contribution in [0.1, 0.15) is 10.4 Å². The highest BCUT2D eigenvalue weighted by Crippen LogP contribution is 2.28. The molecule has 3 nitrogen and oxygen atoms in total. The average Bonchev–Trinajstić information content (AvgIpc) is 2.36. The quantitative estimate of drug-likeness (QED) is 0.752. The molecule has 0 aliphatic heterocycles. The number of hydrogen-bond acceptors (Lipinski definition) is 2. The first-order chi connectivity index (χ1) is 8.97. The lowest BCUT2D eigenvalue weighted by atomic mass is 10.2. The van der Waals surface area contributed by atoms with Crippen molar-refractivity contribution < 1.29 is 9.90 Å². The zero-order chi connectivity index (χ0) is 14.0. The average molecular weight is 405 g/mol. The van der Waals surface area contributed by atoms with E-state index in [9.17, 15) is 9.90 Å². The lowest BCUT2D eigenvalue weighted by Gasteiger charge is -2.08. The minimum Gasteiger partial charge on any atom is -0.506 e. The van der Waals surface area contributed by atoms with Gasteiger partial charge in [0.25, 0.3) is 5.91 Å². The lowest BCUT2D eigenvalue weighted by molar-refractivity contribution is 0.102. The summed E-state index contributed by atoms with van der Waals surface area (Å²) in [6, 6.07) is 9.73. The van der Waals surface area contributed by atoms with Crippen molar-refractivity contribution in [3.8, 4) is 5.75 Å². The molecule has 2 aromatic rings. The molecule has 6 heteroatoms. The summed E-state index contributed by atoms with van der Waals surface area (Å²) in [6.07, 6.45) is 0. The van der Waals surface area contributed by atoms with Crippen LogP contribution in [0, 0.1) is 0 Å². The Morgan fingerprint density at radius 3 is 2.53 bits per heavy atom. The van der Waals surface area contributed by atoms with Gasteiger partial charge in [-0.3, -0.25) is 4.79 Å². The molecule has 0 radical (unpaired) electrons. The molecule has 2 rings (SSSR count). The van der Waals surface area contributed by atoms with Crippen molar-refractivity contribution in [1.82, 2.24) is 0 Å². The monoisotopic (exact) mass is 403 g/mol.